The van der Waals surface area contributed by atoms with Gasteiger partial charge in [-0.15, -0.1) is 0 Å². The fourth-order valence-corrected chi connectivity index (χ4v) is 0.994. The minimum Gasteiger partial charge on any atom is -0.369 e. The molecule has 5 nitrogen and oxygen atoms in total. The Kier molecular flexibility index (Phi) is 3.38. The molecule has 0 spiro atoms. The molecule has 1 heterocycles. The molecule has 0 fully saturated rings. The van der Waals surface area contributed by atoms with Gasteiger partial charge in [-0.25, -0.2) is 9.98 Å². The highest BCUT2D eigenvalue weighted by molar-refractivity contribution is 5.80. The molecule has 0 atom stereocenters. The molecule has 0 aliphatic carbocycles. The van der Waals surface area contributed by atoms with Crippen molar-refractivity contribution in [2.45, 2.75) is 20.8 Å². The van der Waals surface area contributed by atoms with Crippen LogP contribution in [0.5, 0.6) is 0 Å². The quantitative estimate of drug-likeness (QED) is 0.716. The fourth-order valence-electron chi connectivity index (χ4n) is 0.994. The predicted molar refractivity (Wildman–Crippen MR) is 61.6 cm³/mol. The van der Waals surface area contributed by atoms with E-state index in [1.54, 1.807) is 13.1 Å². The van der Waals surface area contributed by atoms with Crippen LogP contribution in [-0.4, -0.2) is 16.2 Å². The molecule has 0 aliphatic rings. The maximum atomic E-state index is 11.5. The summed E-state index contributed by atoms with van der Waals surface area (Å²) < 4.78 is 0. The fraction of sp³-hybridized carbons (Fsp3) is 0.300. The van der Waals surface area contributed by atoms with Gasteiger partial charge in [-0.1, -0.05) is 6.08 Å². The number of nitrogens with two attached hydrogens (primary N) is 1. The van der Waals surface area contributed by atoms with E-state index < -0.39 is 0 Å². The van der Waals surface area contributed by atoms with Crippen molar-refractivity contribution in [1.29, 1.82) is 0 Å². The second-order valence-electron chi connectivity index (χ2n) is 3.18. The first-order chi connectivity index (χ1) is 7.04. The van der Waals surface area contributed by atoms with Gasteiger partial charge in [0.2, 0.25) is 5.95 Å². The van der Waals surface area contributed by atoms with E-state index in [4.69, 9.17) is 5.73 Å². The molecule has 0 unspecified atom stereocenters. The van der Waals surface area contributed by atoms with E-state index in [0.29, 0.717) is 11.4 Å². The number of aromatic amines is 1. The van der Waals surface area contributed by atoms with Crippen molar-refractivity contribution in [1.82, 2.24) is 9.97 Å². The number of hydrogen-bond acceptors (Lipinski definition) is 4. The topological polar surface area (TPSA) is 84.1 Å². The normalized spacial score (nSPS) is 12.3. The lowest BCUT2D eigenvalue weighted by atomic mass is 10.3. The van der Waals surface area contributed by atoms with E-state index in [2.05, 4.69) is 15.0 Å². The SMILES string of the molecule is C/C=C(C)\C=N/c1c(C)nc(N)[nH]c1=O. The van der Waals surface area contributed by atoms with E-state index in [9.17, 15) is 4.79 Å². The van der Waals surface area contributed by atoms with Crippen molar-refractivity contribution >= 4 is 17.9 Å². The number of nitrogens with one attached hydrogen (secondary N) is 1. The number of aromatic nitrogens is 2. The third-order valence-electron chi connectivity index (χ3n) is 1.94. The lowest BCUT2D eigenvalue weighted by molar-refractivity contribution is 1.07. The second-order valence-corrected chi connectivity index (χ2v) is 3.18. The van der Waals surface area contributed by atoms with Gasteiger partial charge in [0, 0.05) is 6.21 Å². The summed E-state index contributed by atoms with van der Waals surface area (Å²) in [4.78, 5) is 21.8. The van der Waals surface area contributed by atoms with Gasteiger partial charge in [-0.2, -0.15) is 0 Å². The number of anilines is 1. The number of nitrogens with zero attached hydrogens (tertiary/aromatic N) is 2. The van der Waals surface area contributed by atoms with E-state index >= 15 is 0 Å². The molecule has 15 heavy (non-hydrogen) atoms. The average molecular weight is 206 g/mol. The molecule has 1 aromatic rings. The van der Waals surface area contributed by atoms with E-state index in [-0.39, 0.29) is 11.5 Å². The highest BCUT2D eigenvalue weighted by Gasteiger charge is 2.03. The maximum absolute atomic E-state index is 11.5. The Morgan fingerprint density at radius 1 is 1.60 bits per heavy atom. The Bertz CT molecular complexity index is 471. The molecule has 0 radical (unpaired) electrons. The maximum Gasteiger partial charge on any atom is 0.278 e. The molecule has 1 rings (SSSR count). The van der Waals surface area contributed by atoms with E-state index in [0.717, 1.165) is 5.57 Å². The second kappa shape index (κ2) is 4.54. The monoisotopic (exact) mass is 206 g/mol. The number of allylic oxidation sites excluding steroid dienone is 2. The molecule has 0 saturated heterocycles. The molecule has 3 N–H and O–H groups in total. The first-order valence-electron chi connectivity index (χ1n) is 4.58. The number of H-pyrrole nitrogens is 1. The van der Waals surface area contributed by atoms with Crippen LogP contribution in [0, 0.1) is 6.92 Å². The van der Waals surface area contributed by atoms with E-state index in [1.165, 1.54) is 0 Å². The van der Waals surface area contributed by atoms with Crippen LogP contribution in [0.4, 0.5) is 11.6 Å². The standard InChI is InChI=1S/C10H14N4O/c1-4-6(2)5-12-8-7(3)13-10(11)14-9(8)15/h4-5H,1-3H3,(H3,11,13,14,15)/b6-4-,12-5-. The zero-order chi connectivity index (χ0) is 11.4. The summed E-state index contributed by atoms with van der Waals surface area (Å²) in [6, 6.07) is 0. The minimum atomic E-state index is -0.319. The molecule has 5 heteroatoms. The molecule has 1 aromatic heterocycles. The zero-order valence-electron chi connectivity index (χ0n) is 9.03. The third kappa shape index (κ3) is 2.77. The largest absolute Gasteiger partial charge is 0.369 e. The number of hydrogen-bond donors (Lipinski definition) is 2. The van der Waals surface area contributed by atoms with Gasteiger partial charge in [0.15, 0.2) is 0 Å². The summed E-state index contributed by atoms with van der Waals surface area (Å²) in [5, 5.41) is 0. The highest BCUT2D eigenvalue weighted by atomic mass is 16.1. The predicted octanol–water partition coefficient (Wildman–Crippen LogP) is 1.33. The Hall–Kier alpha value is -1.91. The molecule has 80 valence electrons. The van der Waals surface area contributed by atoms with Gasteiger partial charge in [0.05, 0.1) is 5.69 Å². The Balaban J connectivity index is 3.17. The summed E-state index contributed by atoms with van der Waals surface area (Å²) >= 11 is 0. The molecule has 0 amide bonds. The van der Waals surface area contributed by atoms with Crippen LogP contribution in [0.25, 0.3) is 0 Å². The van der Waals surface area contributed by atoms with Gasteiger partial charge >= 0.3 is 0 Å². The van der Waals surface area contributed by atoms with E-state index in [1.807, 2.05) is 19.9 Å². The van der Waals surface area contributed by atoms with Crippen molar-refractivity contribution in [3.8, 4) is 0 Å². The Morgan fingerprint density at radius 2 is 2.27 bits per heavy atom. The summed E-state index contributed by atoms with van der Waals surface area (Å²) in [7, 11) is 0. The first kappa shape index (κ1) is 11.2. The lowest BCUT2D eigenvalue weighted by Gasteiger charge is -1.99. The van der Waals surface area contributed by atoms with Crippen molar-refractivity contribution in [3.05, 3.63) is 27.7 Å². The van der Waals surface area contributed by atoms with Crippen molar-refractivity contribution in [2.24, 2.45) is 4.99 Å². The molecule has 0 aromatic carbocycles. The zero-order valence-corrected chi connectivity index (χ0v) is 9.03. The van der Waals surface area contributed by atoms with Crippen LogP contribution in [0.1, 0.15) is 19.5 Å². The van der Waals surface area contributed by atoms with Gasteiger partial charge in [-0.05, 0) is 26.3 Å². The van der Waals surface area contributed by atoms with Crippen molar-refractivity contribution < 1.29 is 0 Å². The van der Waals surface area contributed by atoms with Crippen LogP contribution in [0.3, 0.4) is 0 Å². The summed E-state index contributed by atoms with van der Waals surface area (Å²) in [6.45, 7) is 5.50. The summed E-state index contributed by atoms with van der Waals surface area (Å²) in [5.41, 5.74) is 6.86. The number of aryl methyl sites for hydroxylation is 1. The van der Waals surface area contributed by atoms with Crippen LogP contribution < -0.4 is 11.3 Å². The van der Waals surface area contributed by atoms with Gasteiger partial charge in [0.1, 0.15) is 5.69 Å². The third-order valence-corrected chi connectivity index (χ3v) is 1.94. The Morgan fingerprint density at radius 3 is 2.80 bits per heavy atom. The molecular formula is C10H14N4O. The number of aliphatic imine (C=N–C) groups is 1. The summed E-state index contributed by atoms with van der Waals surface area (Å²) in [5.74, 6) is 0.110. The van der Waals surface area contributed by atoms with Crippen LogP contribution in [0.2, 0.25) is 0 Å². The lowest BCUT2D eigenvalue weighted by Crippen LogP contribution is -2.12. The average Bonchev–Trinajstić information content (AvgIpc) is 2.15. The molecular weight excluding hydrogens is 192 g/mol. The van der Waals surface area contributed by atoms with Gasteiger partial charge in [0.25, 0.3) is 5.56 Å². The first-order valence-corrected chi connectivity index (χ1v) is 4.58. The molecule has 0 bridgehead atoms. The molecule has 0 saturated carbocycles. The number of rotatable bonds is 2. The summed E-state index contributed by atoms with van der Waals surface area (Å²) in [6.07, 6.45) is 3.52. The van der Waals surface area contributed by atoms with Crippen molar-refractivity contribution in [2.75, 3.05) is 5.73 Å². The van der Waals surface area contributed by atoms with Crippen LogP contribution in [-0.2, 0) is 0 Å². The smallest absolute Gasteiger partial charge is 0.278 e. The molecule has 0 aliphatic heterocycles. The van der Waals surface area contributed by atoms with Crippen molar-refractivity contribution in [3.63, 3.8) is 0 Å². The van der Waals surface area contributed by atoms with Gasteiger partial charge < -0.3 is 5.73 Å². The highest BCUT2D eigenvalue weighted by Crippen LogP contribution is 2.09. The van der Waals surface area contributed by atoms with Crippen LogP contribution >= 0.6 is 0 Å². The van der Waals surface area contributed by atoms with Gasteiger partial charge in [-0.3, -0.25) is 9.78 Å². The van der Waals surface area contributed by atoms with Crippen LogP contribution in [0.15, 0.2) is 21.4 Å². The number of nitrogen functional groups attached to an aromatic ring is 1. The minimum absolute atomic E-state index is 0.110. The Labute approximate surface area is 87.8 Å².